The van der Waals surface area contributed by atoms with Gasteiger partial charge in [-0.15, -0.1) is 0 Å². The Morgan fingerprint density at radius 1 is 1.36 bits per heavy atom. The third-order valence-electron chi connectivity index (χ3n) is 3.11. The number of hydrogen-bond acceptors (Lipinski definition) is 5. The van der Waals surface area contributed by atoms with Gasteiger partial charge in [0, 0.05) is 18.7 Å². The number of Topliss-reactive ketones (excluding diaryl/α,β-unsaturated/α-hetero) is 1. The zero-order valence-electron chi connectivity index (χ0n) is 11.6. The normalized spacial score (nSPS) is 20.5. The van der Waals surface area contributed by atoms with Crippen molar-refractivity contribution in [2.75, 3.05) is 12.9 Å². The third kappa shape index (κ3) is 3.63. The van der Waals surface area contributed by atoms with E-state index in [1.54, 1.807) is 0 Å². The van der Waals surface area contributed by atoms with Crippen LogP contribution >= 0.6 is 0 Å². The molecule has 0 radical (unpaired) electrons. The number of carbonyl (C=O) groups is 1. The molecule has 0 aromatic heterocycles. The molecule has 0 saturated carbocycles. The summed E-state index contributed by atoms with van der Waals surface area (Å²) in [6.45, 7) is -0.283. The molecule has 0 fully saturated rings. The lowest BCUT2D eigenvalue weighted by molar-refractivity contribution is 0.0901. The molecule has 118 valence electrons. The van der Waals surface area contributed by atoms with Gasteiger partial charge in [0.25, 0.3) is 10.1 Å². The van der Waals surface area contributed by atoms with E-state index in [4.69, 9.17) is 0 Å². The summed E-state index contributed by atoms with van der Waals surface area (Å²) >= 11 is 0. The van der Waals surface area contributed by atoms with Crippen LogP contribution in [0.25, 0.3) is 0 Å². The van der Waals surface area contributed by atoms with Crippen molar-refractivity contribution in [3.63, 3.8) is 0 Å². The first-order valence-corrected chi connectivity index (χ1v) is 8.12. The molecular formula is C14H13F2NO4S. The molecule has 0 saturated heterocycles. The number of rotatable bonds is 6. The zero-order valence-corrected chi connectivity index (χ0v) is 12.4. The average molecular weight is 329 g/mol. The number of carbonyl (C=O) groups excluding carboxylic acids is 1. The van der Waals surface area contributed by atoms with Gasteiger partial charge >= 0.3 is 0 Å². The molecule has 1 aromatic carbocycles. The fourth-order valence-electron chi connectivity index (χ4n) is 2.07. The lowest BCUT2D eigenvalue weighted by atomic mass is 9.87. The van der Waals surface area contributed by atoms with E-state index in [1.807, 2.05) is 0 Å². The van der Waals surface area contributed by atoms with Crippen molar-refractivity contribution in [2.24, 2.45) is 4.99 Å². The number of aliphatic imine (C=N–C) groups is 1. The summed E-state index contributed by atoms with van der Waals surface area (Å²) < 4.78 is 53.3. The molecule has 1 aromatic rings. The Bertz CT molecular complexity index is 744. The first-order valence-electron chi connectivity index (χ1n) is 6.31. The minimum absolute atomic E-state index is 0.0806. The van der Waals surface area contributed by atoms with Gasteiger partial charge in [-0.1, -0.05) is 0 Å². The number of hydrogen-bond donors (Lipinski definition) is 0. The predicted octanol–water partition coefficient (Wildman–Crippen LogP) is 1.89. The van der Waals surface area contributed by atoms with Crippen molar-refractivity contribution in [1.29, 1.82) is 0 Å². The quantitative estimate of drug-likeness (QED) is 0.590. The third-order valence-corrected chi connectivity index (χ3v) is 3.71. The molecule has 8 heteroatoms. The molecule has 0 bridgehead atoms. The number of benzene rings is 1. The Morgan fingerprint density at radius 2 is 2.09 bits per heavy atom. The number of halogens is 2. The van der Waals surface area contributed by atoms with E-state index >= 15 is 0 Å². The second-order valence-corrected chi connectivity index (χ2v) is 6.43. The van der Waals surface area contributed by atoms with E-state index in [0.29, 0.717) is 6.07 Å². The Hall–Kier alpha value is -1.93. The van der Waals surface area contributed by atoms with Gasteiger partial charge in [0.15, 0.2) is 5.78 Å². The van der Waals surface area contributed by atoms with Crippen molar-refractivity contribution in [1.82, 2.24) is 0 Å². The highest BCUT2D eigenvalue weighted by atomic mass is 32.2. The molecule has 5 nitrogen and oxygen atoms in total. The van der Waals surface area contributed by atoms with E-state index < -0.39 is 33.1 Å². The topological polar surface area (TPSA) is 72.8 Å². The van der Waals surface area contributed by atoms with E-state index in [-0.39, 0.29) is 18.6 Å². The van der Waals surface area contributed by atoms with Crippen molar-refractivity contribution in [2.45, 2.75) is 12.0 Å². The number of nitrogens with zero attached hydrogens (tertiary/aromatic N) is 1. The van der Waals surface area contributed by atoms with Crippen LogP contribution in [0, 0.1) is 11.6 Å². The SMILES string of the molecule is CS(=O)(=O)OCCC1(C(=O)c2ccc(F)cc2F)C=CC=N1. The van der Waals surface area contributed by atoms with E-state index in [0.717, 1.165) is 18.4 Å². The van der Waals surface area contributed by atoms with Crippen LogP contribution in [-0.4, -0.2) is 38.8 Å². The van der Waals surface area contributed by atoms with Crippen LogP contribution in [0.1, 0.15) is 16.8 Å². The molecule has 0 amide bonds. The maximum atomic E-state index is 13.8. The summed E-state index contributed by atoms with van der Waals surface area (Å²) in [4.78, 5) is 16.5. The number of ketones is 1. The first-order chi connectivity index (χ1) is 10.2. The fourth-order valence-corrected chi connectivity index (χ4v) is 2.46. The van der Waals surface area contributed by atoms with E-state index in [2.05, 4.69) is 9.18 Å². The first kappa shape index (κ1) is 16.4. The molecule has 0 N–H and O–H groups in total. The fraction of sp³-hybridized carbons (Fsp3) is 0.286. The average Bonchev–Trinajstić information content (AvgIpc) is 2.86. The van der Waals surface area contributed by atoms with Gasteiger partial charge < -0.3 is 0 Å². The highest BCUT2D eigenvalue weighted by Crippen LogP contribution is 2.28. The van der Waals surface area contributed by atoms with Crippen LogP contribution in [0.5, 0.6) is 0 Å². The molecular weight excluding hydrogens is 316 g/mol. The summed E-state index contributed by atoms with van der Waals surface area (Å²) in [5, 5.41) is 0. The Balaban J connectivity index is 2.26. The zero-order chi connectivity index (χ0) is 16.4. The van der Waals surface area contributed by atoms with Gasteiger partial charge in [0.1, 0.15) is 17.2 Å². The summed E-state index contributed by atoms with van der Waals surface area (Å²) in [7, 11) is -3.66. The molecule has 1 atom stereocenters. The largest absolute Gasteiger partial charge is 0.291 e. The molecule has 22 heavy (non-hydrogen) atoms. The highest BCUT2D eigenvalue weighted by Gasteiger charge is 2.38. The minimum atomic E-state index is -3.66. The smallest absolute Gasteiger partial charge is 0.264 e. The monoisotopic (exact) mass is 329 g/mol. The summed E-state index contributed by atoms with van der Waals surface area (Å²) in [5.74, 6) is -2.48. The molecule has 1 aliphatic rings. The van der Waals surface area contributed by atoms with Crippen LogP contribution in [0.4, 0.5) is 8.78 Å². The summed E-state index contributed by atoms with van der Waals surface area (Å²) in [5.41, 5.74) is -1.76. The van der Waals surface area contributed by atoms with Gasteiger partial charge in [-0.2, -0.15) is 8.42 Å². The molecule has 1 unspecified atom stereocenters. The van der Waals surface area contributed by atoms with Crippen LogP contribution in [0.3, 0.4) is 0 Å². The van der Waals surface area contributed by atoms with Gasteiger partial charge in [-0.3, -0.25) is 14.0 Å². The van der Waals surface area contributed by atoms with Crippen molar-refractivity contribution < 1.29 is 26.2 Å². The van der Waals surface area contributed by atoms with Gasteiger partial charge in [-0.25, -0.2) is 8.78 Å². The molecule has 1 heterocycles. The van der Waals surface area contributed by atoms with Crippen molar-refractivity contribution in [3.05, 3.63) is 47.5 Å². The second-order valence-electron chi connectivity index (χ2n) is 4.79. The second kappa shape index (κ2) is 6.05. The molecule has 2 rings (SSSR count). The summed E-state index contributed by atoms with van der Waals surface area (Å²) in [6, 6.07) is 2.61. The Morgan fingerprint density at radius 3 is 2.64 bits per heavy atom. The van der Waals surface area contributed by atoms with Crippen molar-refractivity contribution >= 4 is 22.1 Å². The lowest BCUT2D eigenvalue weighted by Crippen LogP contribution is -2.35. The highest BCUT2D eigenvalue weighted by molar-refractivity contribution is 7.85. The standard InChI is InChI=1S/C14H13F2NO4S/c1-22(19,20)21-8-6-14(5-2-7-17-14)13(18)11-4-3-10(15)9-12(11)16/h2-5,7,9H,6,8H2,1H3. The van der Waals surface area contributed by atoms with E-state index in [1.165, 1.54) is 18.4 Å². The van der Waals surface area contributed by atoms with Gasteiger partial charge in [0.05, 0.1) is 18.4 Å². The van der Waals surface area contributed by atoms with Crippen LogP contribution in [0.2, 0.25) is 0 Å². The minimum Gasteiger partial charge on any atom is -0.291 e. The van der Waals surface area contributed by atoms with Crippen LogP contribution < -0.4 is 0 Å². The van der Waals surface area contributed by atoms with Crippen LogP contribution in [0.15, 0.2) is 35.3 Å². The maximum Gasteiger partial charge on any atom is 0.264 e. The van der Waals surface area contributed by atoms with Gasteiger partial charge in [0.2, 0.25) is 0 Å². The lowest BCUT2D eigenvalue weighted by Gasteiger charge is -2.22. The molecule has 0 spiro atoms. The molecule has 1 aliphatic heterocycles. The number of allylic oxidation sites excluding steroid dienone is 1. The van der Waals surface area contributed by atoms with Gasteiger partial charge in [-0.05, 0) is 24.3 Å². The molecule has 0 aliphatic carbocycles. The Labute approximate surface area is 126 Å². The van der Waals surface area contributed by atoms with E-state index in [9.17, 15) is 22.0 Å². The van der Waals surface area contributed by atoms with Crippen molar-refractivity contribution in [3.8, 4) is 0 Å². The Kier molecular flexibility index (Phi) is 4.52. The van der Waals surface area contributed by atoms with Crippen LogP contribution in [-0.2, 0) is 14.3 Å². The summed E-state index contributed by atoms with van der Waals surface area (Å²) in [6.07, 6.45) is 5.10. The maximum absolute atomic E-state index is 13.8. The predicted molar refractivity (Wildman–Crippen MR) is 76.5 cm³/mol.